The zero-order valence-electron chi connectivity index (χ0n) is 21.3. The Morgan fingerprint density at radius 3 is 1.38 bits per heavy atom. The van der Waals surface area contributed by atoms with Crippen LogP contribution in [0.4, 0.5) is 0 Å². The molecular formula is C34H34OS2. The molecule has 0 heterocycles. The number of rotatable bonds is 8. The van der Waals surface area contributed by atoms with Gasteiger partial charge in [-0.3, -0.25) is 0 Å². The Bertz CT molecular complexity index is 1220. The second-order valence-electron chi connectivity index (χ2n) is 10.6. The van der Waals surface area contributed by atoms with Gasteiger partial charge in [-0.25, -0.2) is 3.63 Å². The molecule has 0 amide bonds. The first-order chi connectivity index (χ1) is 18.3. The van der Waals surface area contributed by atoms with Crippen LogP contribution in [0, 0.1) is 0 Å². The maximum absolute atomic E-state index is 6.81. The Kier molecular flexibility index (Phi) is 7.46. The van der Waals surface area contributed by atoms with Crippen LogP contribution in [-0.4, -0.2) is 0 Å². The maximum atomic E-state index is 6.81. The van der Waals surface area contributed by atoms with Gasteiger partial charge in [0.25, 0.3) is 0 Å². The molecule has 0 bridgehead atoms. The van der Waals surface area contributed by atoms with Crippen LogP contribution in [0.5, 0.6) is 0 Å². The lowest BCUT2D eigenvalue weighted by molar-refractivity contribution is 0.470. The van der Waals surface area contributed by atoms with Crippen molar-refractivity contribution in [2.45, 2.75) is 60.9 Å². The summed E-state index contributed by atoms with van der Waals surface area (Å²) in [7, 11) is 0. The van der Waals surface area contributed by atoms with Crippen molar-refractivity contribution < 1.29 is 3.63 Å². The molecule has 0 N–H and O–H groups in total. The van der Waals surface area contributed by atoms with Crippen molar-refractivity contribution in [3.05, 3.63) is 143 Å². The van der Waals surface area contributed by atoms with Crippen LogP contribution in [-0.2, 0) is 38.8 Å². The van der Waals surface area contributed by atoms with E-state index in [9.17, 15) is 0 Å². The van der Waals surface area contributed by atoms with E-state index >= 15 is 0 Å². The van der Waals surface area contributed by atoms with Gasteiger partial charge < -0.3 is 0 Å². The van der Waals surface area contributed by atoms with Crippen LogP contribution >= 0.6 is 24.1 Å². The quantitative estimate of drug-likeness (QED) is 0.213. The fourth-order valence-electron chi connectivity index (χ4n) is 6.36. The van der Waals surface area contributed by atoms with Gasteiger partial charge in [-0.15, -0.1) is 0 Å². The van der Waals surface area contributed by atoms with Gasteiger partial charge in [0.1, 0.15) is 0 Å². The van der Waals surface area contributed by atoms with Gasteiger partial charge in [-0.05, 0) is 84.7 Å². The molecule has 0 unspecified atom stereocenters. The minimum atomic E-state index is -0.0781. The highest BCUT2D eigenvalue weighted by Crippen LogP contribution is 2.55. The molecule has 188 valence electrons. The molecule has 4 aromatic carbocycles. The topological polar surface area (TPSA) is 9.23 Å². The smallest absolute Gasteiger partial charge is 0.0726 e. The standard InChI is InChI=1S/C34H34OS2/c1-3-13-27(14-4-1)25-33(23-11-19-29-17-7-9-21-31(29)33)36-35-37-34(26-28-15-5-2-6-16-28)24-12-20-30-18-8-10-22-32(30)34/h1-10,13-18,21-22H,11-12,19-20,23-26H2/t33-,34-/m1/s1. The monoisotopic (exact) mass is 522 g/mol. The lowest BCUT2D eigenvalue weighted by atomic mass is 9.79. The summed E-state index contributed by atoms with van der Waals surface area (Å²) in [5.41, 5.74) is 8.62. The van der Waals surface area contributed by atoms with Crippen molar-refractivity contribution in [3.63, 3.8) is 0 Å². The van der Waals surface area contributed by atoms with Crippen LogP contribution in [0.25, 0.3) is 0 Å². The van der Waals surface area contributed by atoms with Crippen molar-refractivity contribution in [2.75, 3.05) is 0 Å². The minimum absolute atomic E-state index is 0.0781. The zero-order valence-corrected chi connectivity index (χ0v) is 22.9. The summed E-state index contributed by atoms with van der Waals surface area (Å²) in [6.45, 7) is 0. The lowest BCUT2D eigenvalue weighted by Gasteiger charge is -2.41. The van der Waals surface area contributed by atoms with Crippen LogP contribution in [0.2, 0.25) is 0 Å². The number of benzene rings is 4. The summed E-state index contributed by atoms with van der Waals surface area (Å²) in [4.78, 5) is 0. The van der Waals surface area contributed by atoms with E-state index in [1.54, 1.807) is 24.1 Å². The van der Waals surface area contributed by atoms with Crippen LogP contribution < -0.4 is 0 Å². The van der Waals surface area contributed by atoms with Crippen LogP contribution in [0.15, 0.2) is 109 Å². The van der Waals surface area contributed by atoms with Gasteiger partial charge >= 0.3 is 0 Å². The predicted molar refractivity (Wildman–Crippen MR) is 159 cm³/mol. The summed E-state index contributed by atoms with van der Waals surface area (Å²) in [5, 5.41) is 0. The highest BCUT2D eigenvalue weighted by molar-refractivity contribution is 8.08. The Balaban J connectivity index is 1.32. The molecule has 0 radical (unpaired) electrons. The molecule has 2 aliphatic carbocycles. The molecule has 4 aromatic rings. The third kappa shape index (κ3) is 5.27. The van der Waals surface area contributed by atoms with Crippen molar-refractivity contribution in [1.29, 1.82) is 0 Å². The molecule has 37 heavy (non-hydrogen) atoms. The molecule has 0 aliphatic heterocycles. The predicted octanol–water partition coefficient (Wildman–Crippen LogP) is 9.25. The molecule has 6 rings (SSSR count). The largest absolute Gasteiger partial charge is 0.245 e. The Labute approximate surface area is 230 Å². The summed E-state index contributed by atoms with van der Waals surface area (Å²) >= 11 is 3.45. The first-order valence-corrected chi connectivity index (χ1v) is 15.0. The summed E-state index contributed by atoms with van der Waals surface area (Å²) < 4.78 is 6.65. The number of aryl methyl sites for hydroxylation is 2. The lowest BCUT2D eigenvalue weighted by Crippen LogP contribution is -2.32. The van der Waals surface area contributed by atoms with E-state index in [2.05, 4.69) is 109 Å². The molecule has 0 fully saturated rings. The Hall–Kier alpha value is -2.46. The van der Waals surface area contributed by atoms with Crippen molar-refractivity contribution in [3.8, 4) is 0 Å². The first kappa shape index (κ1) is 24.9. The average molecular weight is 523 g/mol. The molecule has 0 aromatic heterocycles. The van der Waals surface area contributed by atoms with Crippen molar-refractivity contribution >= 4 is 24.1 Å². The number of hydrogen-bond acceptors (Lipinski definition) is 3. The Morgan fingerprint density at radius 1 is 0.514 bits per heavy atom. The first-order valence-electron chi connectivity index (χ1n) is 13.5. The van der Waals surface area contributed by atoms with Crippen LogP contribution in [0.3, 0.4) is 0 Å². The fourth-order valence-corrected chi connectivity index (χ4v) is 9.02. The second-order valence-corrected chi connectivity index (χ2v) is 13.0. The molecule has 0 spiro atoms. The van der Waals surface area contributed by atoms with E-state index in [1.165, 1.54) is 46.2 Å². The molecule has 0 saturated carbocycles. The average Bonchev–Trinajstić information content (AvgIpc) is 2.95. The van der Waals surface area contributed by atoms with Crippen molar-refractivity contribution in [2.24, 2.45) is 0 Å². The van der Waals surface area contributed by atoms with Crippen LogP contribution in [0.1, 0.15) is 59.1 Å². The van der Waals surface area contributed by atoms with Gasteiger partial charge in [0.2, 0.25) is 0 Å². The van der Waals surface area contributed by atoms with Gasteiger partial charge in [0.15, 0.2) is 0 Å². The van der Waals surface area contributed by atoms with E-state index in [0.29, 0.717) is 0 Å². The van der Waals surface area contributed by atoms with Gasteiger partial charge in [0, 0.05) is 24.1 Å². The van der Waals surface area contributed by atoms with Gasteiger partial charge in [-0.2, -0.15) is 0 Å². The number of fused-ring (bicyclic) bond motifs is 2. The van der Waals surface area contributed by atoms with E-state index in [4.69, 9.17) is 3.63 Å². The second kappa shape index (κ2) is 11.1. The molecule has 1 nitrogen and oxygen atoms in total. The molecule has 2 aliphatic rings. The van der Waals surface area contributed by atoms with E-state index in [1.807, 2.05) is 0 Å². The molecular weight excluding hydrogens is 489 g/mol. The molecule has 3 heteroatoms. The van der Waals surface area contributed by atoms with E-state index in [0.717, 1.165) is 38.5 Å². The summed E-state index contributed by atoms with van der Waals surface area (Å²) in [6.07, 6.45) is 8.94. The third-order valence-electron chi connectivity index (χ3n) is 8.12. The number of hydrogen-bond donors (Lipinski definition) is 0. The SMILES string of the molecule is c1ccc(C[C@]2(SOS[C@@]3(Cc4ccccc4)CCCc4ccccc43)CCCc3ccccc32)cc1. The van der Waals surface area contributed by atoms with Crippen molar-refractivity contribution in [1.82, 2.24) is 0 Å². The zero-order chi connectivity index (χ0) is 25.0. The van der Waals surface area contributed by atoms with E-state index < -0.39 is 0 Å². The fraction of sp³-hybridized carbons (Fsp3) is 0.294. The van der Waals surface area contributed by atoms with Gasteiger partial charge in [-0.1, -0.05) is 109 Å². The molecule has 0 saturated heterocycles. The molecule has 2 atom stereocenters. The van der Waals surface area contributed by atoms with E-state index in [-0.39, 0.29) is 9.49 Å². The highest BCUT2D eigenvalue weighted by Gasteiger charge is 2.42. The summed E-state index contributed by atoms with van der Waals surface area (Å²) in [6, 6.07) is 40.0. The third-order valence-corrected chi connectivity index (χ3v) is 10.4. The normalized spacial score (nSPS) is 22.7. The highest BCUT2D eigenvalue weighted by atomic mass is 32.2. The summed E-state index contributed by atoms with van der Waals surface area (Å²) in [5.74, 6) is 0. The maximum Gasteiger partial charge on any atom is 0.0726 e. The minimum Gasteiger partial charge on any atom is -0.245 e. The Morgan fingerprint density at radius 2 is 0.919 bits per heavy atom. The van der Waals surface area contributed by atoms with Gasteiger partial charge in [0.05, 0.1) is 9.49 Å².